The summed E-state index contributed by atoms with van der Waals surface area (Å²) >= 11 is 0. The second-order valence-electron chi connectivity index (χ2n) is 7.20. The standard InChI is InChI=1S/C22H29N5O2/c1-3-12-25(13-4-2)20(28)18-6-8-19(9-7-18)21(29)26-14-16-27(17-15-26)22-23-10-5-11-24-22/h5-11H,3-4,12-17H2,1-2H3. The molecule has 0 aliphatic carbocycles. The Hall–Kier alpha value is -2.96. The predicted molar refractivity (Wildman–Crippen MR) is 113 cm³/mol. The van der Waals surface area contributed by atoms with E-state index in [1.54, 1.807) is 42.7 Å². The van der Waals surface area contributed by atoms with Crippen molar-refractivity contribution in [2.75, 3.05) is 44.2 Å². The molecule has 1 fully saturated rings. The summed E-state index contributed by atoms with van der Waals surface area (Å²) in [6.45, 7) is 8.30. The first kappa shape index (κ1) is 20.8. The normalized spacial score (nSPS) is 14.0. The van der Waals surface area contributed by atoms with Crippen LogP contribution >= 0.6 is 0 Å². The van der Waals surface area contributed by atoms with E-state index in [1.807, 2.05) is 9.80 Å². The van der Waals surface area contributed by atoms with Gasteiger partial charge in [-0.1, -0.05) is 13.8 Å². The topological polar surface area (TPSA) is 69.6 Å². The number of nitrogens with zero attached hydrogens (tertiary/aromatic N) is 5. The van der Waals surface area contributed by atoms with Crippen LogP contribution in [0.25, 0.3) is 0 Å². The van der Waals surface area contributed by atoms with Gasteiger partial charge in [-0.25, -0.2) is 9.97 Å². The fourth-order valence-electron chi connectivity index (χ4n) is 3.54. The summed E-state index contributed by atoms with van der Waals surface area (Å²) in [6, 6.07) is 8.85. The van der Waals surface area contributed by atoms with Crippen LogP contribution in [0.1, 0.15) is 47.4 Å². The second kappa shape index (κ2) is 10.0. The third kappa shape index (κ3) is 5.10. The smallest absolute Gasteiger partial charge is 0.253 e. The van der Waals surface area contributed by atoms with Crippen molar-refractivity contribution in [3.8, 4) is 0 Å². The molecule has 0 unspecified atom stereocenters. The molecule has 1 aromatic heterocycles. The van der Waals surface area contributed by atoms with E-state index in [9.17, 15) is 9.59 Å². The molecule has 2 heterocycles. The van der Waals surface area contributed by atoms with E-state index >= 15 is 0 Å². The average Bonchev–Trinajstić information content (AvgIpc) is 2.79. The molecule has 29 heavy (non-hydrogen) atoms. The highest BCUT2D eigenvalue weighted by molar-refractivity contribution is 5.98. The first-order valence-electron chi connectivity index (χ1n) is 10.3. The van der Waals surface area contributed by atoms with Gasteiger partial charge in [0, 0.05) is 62.8 Å². The summed E-state index contributed by atoms with van der Waals surface area (Å²) in [4.78, 5) is 39.9. The SMILES string of the molecule is CCCN(CCC)C(=O)c1ccc(C(=O)N2CCN(c3ncccn3)CC2)cc1. The van der Waals surface area contributed by atoms with E-state index in [1.165, 1.54) is 0 Å². The summed E-state index contributed by atoms with van der Waals surface area (Å²) < 4.78 is 0. The highest BCUT2D eigenvalue weighted by Gasteiger charge is 2.23. The molecule has 0 atom stereocenters. The lowest BCUT2D eigenvalue weighted by atomic mass is 10.1. The lowest BCUT2D eigenvalue weighted by Gasteiger charge is -2.34. The molecule has 0 saturated carbocycles. The van der Waals surface area contributed by atoms with Gasteiger partial charge in [-0.05, 0) is 43.2 Å². The molecule has 0 N–H and O–H groups in total. The summed E-state index contributed by atoms with van der Waals surface area (Å²) in [6.07, 6.45) is 5.32. The Labute approximate surface area is 172 Å². The molecule has 7 nitrogen and oxygen atoms in total. The highest BCUT2D eigenvalue weighted by atomic mass is 16.2. The molecule has 1 aromatic carbocycles. The van der Waals surface area contributed by atoms with Crippen molar-refractivity contribution in [3.05, 3.63) is 53.9 Å². The number of amides is 2. The lowest BCUT2D eigenvalue weighted by Crippen LogP contribution is -2.49. The number of benzene rings is 1. The molecule has 0 radical (unpaired) electrons. The van der Waals surface area contributed by atoms with Crippen LogP contribution in [0.3, 0.4) is 0 Å². The van der Waals surface area contributed by atoms with Gasteiger partial charge in [0.05, 0.1) is 0 Å². The number of anilines is 1. The van der Waals surface area contributed by atoms with E-state index < -0.39 is 0 Å². The first-order valence-corrected chi connectivity index (χ1v) is 10.3. The fraction of sp³-hybridized carbons (Fsp3) is 0.455. The fourth-order valence-corrected chi connectivity index (χ4v) is 3.54. The first-order chi connectivity index (χ1) is 14.1. The molecular weight excluding hydrogens is 366 g/mol. The minimum absolute atomic E-state index is 0.00315. The van der Waals surface area contributed by atoms with Crippen LogP contribution < -0.4 is 4.90 Å². The van der Waals surface area contributed by atoms with E-state index in [0.29, 0.717) is 43.3 Å². The Morgan fingerprint density at radius 2 is 1.45 bits per heavy atom. The maximum Gasteiger partial charge on any atom is 0.253 e. The Morgan fingerprint density at radius 3 is 2.00 bits per heavy atom. The molecule has 0 spiro atoms. The van der Waals surface area contributed by atoms with Gasteiger partial charge in [0.25, 0.3) is 11.8 Å². The molecule has 2 aromatic rings. The van der Waals surface area contributed by atoms with Crippen LogP contribution in [-0.4, -0.2) is 70.9 Å². The Balaban J connectivity index is 1.60. The molecule has 3 rings (SSSR count). The van der Waals surface area contributed by atoms with Crippen molar-refractivity contribution in [1.29, 1.82) is 0 Å². The Kier molecular flexibility index (Phi) is 7.16. The van der Waals surface area contributed by atoms with Crippen LogP contribution in [0.15, 0.2) is 42.7 Å². The molecule has 154 valence electrons. The number of piperazine rings is 1. The van der Waals surface area contributed by atoms with Crippen molar-refractivity contribution in [2.24, 2.45) is 0 Å². The van der Waals surface area contributed by atoms with Gasteiger partial charge < -0.3 is 14.7 Å². The monoisotopic (exact) mass is 395 g/mol. The van der Waals surface area contributed by atoms with Crippen LogP contribution in [0, 0.1) is 0 Å². The van der Waals surface area contributed by atoms with Crippen molar-refractivity contribution in [3.63, 3.8) is 0 Å². The largest absolute Gasteiger partial charge is 0.339 e. The van der Waals surface area contributed by atoms with E-state index in [4.69, 9.17) is 0 Å². The average molecular weight is 396 g/mol. The molecular formula is C22H29N5O2. The van der Waals surface area contributed by atoms with Crippen LogP contribution in [-0.2, 0) is 0 Å². The number of aromatic nitrogens is 2. The minimum atomic E-state index is -0.00315. The molecule has 2 amide bonds. The highest BCUT2D eigenvalue weighted by Crippen LogP contribution is 2.14. The number of rotatable bonds is 7. The van der Waals surface area contributed by atoms with Gasteiger partial charge in [-0.15, -0.1) is 0 Å². The third-order valence-corrected chi connectivity index (χ3v) is 5.05. The number of carbonyl (C=O) groups is 2. The predicted octanol–water partition coefficient (Wildman–Crippen LogP) is 2.70. The third-order valence-electron chi connectivity index (χ3n) is 5.05. The van der Waals surface area contributed by atoms with Crippen LogP contribution in [0.5, 0.6) is 0 Å². The van der Waals surface area contributed by atoms with Gasteiger partial charge in [-0.3, -0.25) is 9.59 Å². The Bertz CT molecular complexity index is 796. The van der Waals surface area contributed by atoms with Crippen molar-refractivity contribution >= 4 is 17.8 Å². The van der Waals surface area contributed by atoms with Crippen molar-refractivity contribution in [2.45, 2.75) is 26.7 Å². The second-order valence-corrected chi connectivity index (χ2v) is 7.20. The zero-order chi connectivity index (χ0) is 20.6. The van der Waals surface area contributed by atoms with Crippen molar-refractivity contribution in [1.82, 2.24) is 19.8 Å². The van der Waals surface area contributed by atoms with Gasteiger partial charge in [-0.2, -0.15) is 0 Å². The van der Waals surface area contributed by atoms with E-state index in [0.717, 1.165) is 25.9 Å². The zero-order valence-electron chi connectivity index (χ0n) is 17.3. The number of carbonyl (C=O) groups excluding carboxylic acids is 2. The molecule has 0 bridgehead atoms. The van der Waals surface area contributed by atoms with E-state index in [-0.39, 0.29) is 11.8 Å². The summed E-state index contributed by atoms with van der Waals surface area (Å²) in [5.41, 5.74) is 1.25. The van der Waals surface area contributed by atoms with Gasteiger partial charge in [0.1, 0.15) is 0 Å². The molecule has 1 aliphatic heterocycles. The lowest BCUT2D eigenvalue weighted by molar-refractivity contribution is 0.0738. The maximum atomic E-state index is 12.8. The van der Waals surface area contributed by atoms with Crippen molar-refractivity contribution < 1.29 is 9.59 Å². The summed E-state index contributed by atoms with van der Waals surface area (Å²) in [5.74, 6) is 0.729. The van der Waals surface area contributed by atoms with Gasteiger partial charge in [0.15, 0.2) is 0 Å². The maximum absolute atomic E-state index is 12.8. The van der Waals surface area contributed by atoms with Gasteiger partial charge >= 0.3 is 0 Å². The zero-order valence-corrected chi connectivity index (χ0v) is 17.3. The number of hydrogen-bond donors (Lipinski definition) is 0. The molecule has 7 heteroatoms. The summed E-state index contributed by atoms with van der Waals surface area (Å²) in [7, 11) is 0. The number of hydrogen-bond acceptors (Lipinski definition) is 5. The quantitative estimate of drug-likeness (QED) is 0.721. The Morgan fingerprint density at radius 1 is 0.897 bits per heavy atom. The van der Waals surface area contributed by atoms with Crippen LogP contribution in [0.2, 0.25) is 0 Å². The van der Waals surface area contributed by atoms with Gasteiger partial charge in [0.2, 0.25) is 5.95 Å². The summed E-state index contributed by atoms with van der Waals surface area (Å²) in [5, 5.41) is 0. The molecule has 1 saturated heterocycles. The minimum Gasteiger partial charge on any atom is -0.339 e. The molecule has 1 aliphatic rings. The van der Waals surface area contributed by atoms with E-state index in [2.05, 4.69) is 28.7 Å². The van der Waals surface area contributed by atoms with Crippen LogP contribution in [0.4, 0.5) is 5.95 Å².